The van der Waals surface area contributed by atoms with Crippen molar-refractivity contribution in [1.82, 2.24) is 30.5 Å². The van der Waals surface area contributed by atoms with E-state index in [4.69, 9.17) is 4.74 Å². The number of alkyl carbamates (subject to hydrolysis) is 1. The molecule has 3 rings (SSSR count). The minimum absolute atomic E-state index is 0.199. The highest BCUT2D eigenvalue weighted by Crippen LogP contribution is 2.16. The Morgan fingerprint density at radius 3 is 2.61 bits per heavy atom. The number of aryl methyl sites for hydroxylation is 1. The molecule has 10 nitrogen and oxygen atoms in total. The summed E-state index contributed by atoms with van der Waals surface area (Å²) in [6.45, 7) is 9.06. The third-order valence-electron chi connectivity index (χ3n) is 4.70. The van der Waals surface area contributed by atoms with Gasteiger partial charge in [0.05, 0.1) is 29.6 Å². The minimum atomic E-state index is -0.910. The summed E-state index contributed by atoms with van der Waals surface area (Å²) in [5.41, 5.74) is 5.89. The first-order chi connectivity index (χ1) is 15.6. The van der Waals surface area contributed by atoms with Gasteiger partial charge in [-0.05, 0) is 46.8 Å². The molecule has 0 bridgehead atoms. The number of rotatable bonds is 7. The van der Waals surface area contributed by atoms with Crippen molar-refractivity contribution in [2.45, 2.75) is 52.7 Å². The number of H-pyrrole nitrogens is 1. The van der Waals surface area contributed by atoms with Crippen molar-refractivity contribution >= 4 is 18.2 Å². The molecule has 0 spiro atoms. The molecule has 1 unspecified atom stereocenters. The van der Waals surface area contributed by atoms with E-state index in [9.17, 15) is 9.59 Å². The van der Waals surface area contributed by atoms with E-state index in [0.717, 1.165) is 22.6 Å². The molecular weight excluding hydrogens is 422 g/mol. The Morgan fingerprint density at radius 1 is 1.24 bits per heavy atom. The lowest BCUT2D eigenvalue weighted by atomic mass is 10.1. The molecule has 0 saturated carbocycles. The molecule has 174 valence electrons. The number of carbonyl (C=O) groups is 2. The lowest BCUT2D eigenvalue weighted by Crippen LogP contribution is -2.48. The molecule has 2 heterocycles. The van der Waals surface area contributed by atoms with Crippen molar-refractivity contribution in [3.05, 3.63) is 65.5 Å². The number of benzene rings is 1. The molecule has 0 radical (unpaired) electrons. The maximum absolute atomic E-state index is 12.8. The van der Waals surface area contributed by atoms with Crippen molar-refractivity contribution < 1.29 is 14.3 Å². The lowest BCUT2D eigenvalue weighted by Gasteiger charge is -2.22. The Labute approximate surface area is 192 Å². The molecule has 2 amide bonds. The van der Waals surface area contributed by atoms with Gasteiger partial charge in [0.25, 0.3) is 5.91 Å². The number of nitrogens with zero attached hydrogens (tertiary/aromatic N) is 4. The van der Waals surface area contributed by atoms with Crippen LogP contribution in [0.3, 0.4) is 0 Å². The number of hydrogen-bond donors (Lipinski definition) is 3. The van der Waals surface area contributed by atoms with E-state index < -0.39 is 23.6 Å². The predicted octanol–water partition coefficient (Wildman–Crippen LogP) is 2.80. The smallest absolute Gasteiger partial charge is 0.408 e. The molecule has 0 aliphatic carbocycles. The number of nitrogens with one attached hydrogen (secondary N) is 3. The maximum Gasteiger partial charge on any atom is 0.408 e. The number of carbonyl (C=O) groups excluding carboxylic acids is 2. The van der Waals surface area contributed by atoms with Gasteiger partial charge in [-0.25, -0.2) is 19.9 Å². The summed E-state index contributed by atoms with van der Waals surface area (Å²) in [6, 6.07) is 8.84. The molecule has 0 saturated heterocycles. The summed E-state index contributed by atoms with van der Waals surface area (Å²) < 4.78 is 7.11. The van der Waals surface area contributed by atoms with Gasteiger partial charge in [0, 0.05) is 23.9 Å². The van der Waals surface area contributed by atoms with Gasteiger partial charge < -0.3 is 15.0 Å². The number of hydrazone groups is 1. The molecule has 0 aliphatic heterocycles. The monoisotopic (exact) mass is 451 g/mol. The van der Waals surface area contributed by atoms with Crippen LogP contribution in [0.5, 0.6) is 0 Å². The summed E-state index contributed by atoms with van der Waals surface area (Å²) in [4.78, 5) is 31.9. The van der Waals surface area contributed by atoms with Gasteiger partial charge in [0.1, 0.15) is 11.6 Å². The molecule has 3 N–H and O–H groups in total. The molecule has 10 heteroatoms. The van der Waals surface area contributed by atoms with E-state index in [1.54, 1.807) is 33.2 Å². The average Bonchev–Trinajstić information content (AvgIpc) is 3.35. The van der Waals surface area contributed by atoms with Crippen molar-refractivity contribution in [3.63, 3.8) is 0 Å². The third kappa shape index (κ3) is 6.52. The molecule has 33 heavy (non-hydrogen) atoms. The fourth-order valence-electron chi connectivity index (χ4n) is 3.18. The van der Waals surface area contributed by atoms with Crippen LogP contribution < -0.4 is 10.7 Å². The van der Waals surface area contributed by atoms with E-state index in [2.05, 4.69) is 30.9 Å². The van der Waals surface area contributed by atoms with Crippen LogP contribution in [-0.4, -0.2) is 49.6 Å². The summed E-state index contributed by atoms with van der Waals surface area (Å²) in [5, 5.41) is 11.3. The predicted molar refractivity (Wildman–Crippen MR) is 124 cm³/mol. The summed E-state index contributed by atoms with van der Waals surface area (Å²) in [7, 11) is 0. The molecule has 2 aromatic heterocycles. The van der Waals surface area contributed by atoms with Crippen LogP contribution in [0.2, 0.25) is 0 Å². The van der Waals surface area contributed by atoms with E-state index in [1.807, 2.05) is 48.9 Å². The Morgan fingerprint density at radius 2 is 1.97 bits per heavy atom. The number of hydrogen-bond acceptors (Lipinski definition) is 6. The highest BCUT2D eigenvalue weighted by molar-refractivity contribution is 5.88. The lowest BCUT2D eigenvalue weighted by molar-refractivity contribution is -0.123. The van der Waals surface area contributed by atoms with Gasteiger partial charge in [-0.15, -0.1) is 0 Å². The average molecular weight is 452 g/mol. The highest BCUT2D eigenvalue weighted by atomic mass is 16.6. The van der Waals surface area contributed by atoms with Gasteiger partial charge in [-0.3, -0.25) is 4.79 Å². The number of aromatic nitrogens is 4. The second-order valence-electron chi connectivity index (χ2n) is 8.55. The normalized spacial score (nSPS) is 12.5. The molecule has 0 aliphatic rings. The number of aromatic amines is 1. The van der Waals surface area contributed by atoms with Crippen molar-refractivity contribution in [2.24, 2.45) is 5.10 Å². The molecule has 1 atom stereocenters. The fraction of sp³-hybridized carbons (Fsp3) is 0.348. The molecule has 3 aromatic rings. The van der Waals surface area contributed by atoms with Crippen LogP contribution in [0.1, 0.15) is 43.4 Å². The second-order valence-corrected chi connectivity index (χ2v) is 8.55. The third-order valence-corrected chi connectivity index (χ3v) is 4.70. The van der Waals surface area contributed by atoms with Crippen molar-refractivity contribution in [3.8, 4) is 5.69 Å². The fourth-order valence-corrected chi connectivity index (χ4v) is 3.18. The van der Waals surface area contributed by atoms with Crippen LogP contribution in [0.4, 0.5) is 4.79 Å². The number of para-hydroxylation sites is 1. The largest absolute Gasteiger partial charge is 0.444 e. The summed E-state index contributed by atoms with van der Waals surface area (Å²) >= 11 is 0. The first-order valence-corrected chi connectivity index (χ1v) is 10.6. The quantitative estimate of drug-likeness (QED) is 0.376. The van der Waals surface area contributed by atoms with E-state index in [0.29, 0.717) is 5.69 Å². The number of ether oxygens (including phenoxy) is 1. The molecular formula is C23H29N7O3. The van der Waals surface area contributed by atoms with Crippen LogP contribution in [0.25, 0.3) is 5.69 Å². The SMILES string of the molecule is Cc1nn(-c2ccccc2)c(C)c1C=NNC(=O)C(Cc1cnc[nH]1)NC(=O)OC(C)(C)C. The zero-order valence-electron chi connectivity index (χ0n) is 19.4. The van der Waals surface area contributed by atoms with Gasteiger partial charge >= 0.3 is 6.09 Å². The van der Waals surface area contributed by atoms with E-state index >= 15 is 0 Å². The topological polar surface area (TPSA) is 126 Å². The van der Waals surface area contributed by atoms with Crippen molar-refractivity contribution in [1.29, 1.82) is 0 Å². The van der Waals surface area contributed by atoms with Crippen LogP contribution in [0.15, 0.2) is 48.0 Å². The van der Waals surface area contributed by atoms with Gasteiger partial charge in [-0.2, -0.15) is 10.2 Å². The molecule has 1 aromatic carbocycles. The van der Waals surface area contributed by atoms with E-state index in [-0.39, 0.29) is 6.42 Å². The standard InChI is InChI=1S/C23H29N7O3/c1-15-19(16(2)30(29-15)18-9-7-6-8-10-18)13-26-28-21(31)20(11-17-12-24-14-25-17)27-22(32)33-23(3,4)5/h6-10,12-14,20H,11H2,1-5H3,(H,24,25)(H,27,32)(H,28,31). The summed E-state index contributed by atoms with van der Waals surface area (Å²) in [6.07, 6.45) is 4.15. The number of imidazole rings is 1. The summed E-state index contributed by atoms with van der Waals surface area (Å²) in [5.74, 6) is -0.488. The van der Waals surface area contributed by atoms with Gasteiger partial charge in [0.2, 0.25) is 0 Å². The number of amides is 2. The van der Waals surface area contributed by atoms with E-state index in [1.165, 1.54) is 6.33 Å². The Bertz CT molecular complexity index is 1110. The first-order valence-electron chi connectivity index (χ1n) is 10.6. The Hall–Kier alpha value is -3.95. The highest BCUT2D eigenvalue weighted by Gasteiger charge is 2.25. The van der Waals surface area contributed by atoms with Gasteiger partial charge in [0.15, 0.2) is 0 Å². The zero-order valence-corrected chi connectivity index (χ0v) is 19.4. The Balaban J connectivity index is 1.72. The van der Waals surface area contributed by atoms with Crippen LogP contribution in [-0.2, 0) is 16.0 Å². The zero-order chi connectivity index (χ0) is 24.0. The van der Waals surface area contributed by atoms with Gasteiger partial charge in [-0.1, -0.05) is 18.2 Å². The van der Waals surface area contributed by atoms with Crippen LogP contribution >= 0.6 is 0 Å². The first kappa shape index (κ1) is 23.7. The minimum Gasteiger partial charge on any atom is -0.444 e. The van der Waals surface area contributed by atoms with Crippen LogP contribution in [0, 0.1) is 13.8 Å². The Kier molecular flexibility index (Phi) is 7.27. The maximum atomic E-state index is 12.8. The second kappa shape index (κ2) is 10.1. The molecule has 0 fully saturated rings. The van der Waals surface area contributed by atoms with Crippen molar-refractivity contribution in [2.75, 3.05) is 0 Å².